The molecule has 0 aliphatic carbocycles. The standard InChI is InChI=1S/C13H20N2O.ClH/c1-16-13-4-2-11(3-5-13)10-15-8-6-12(14)7-9-15;/h2-5,12H,6-10,14H2,1H3;1H. The highest BCUT2D eigenvalue weighted by Gasteiger charge is 2.15. The summed E-state index contributed by atoms with van der Waals surface area (Å²) in [6.07, 6.45) is 2.24. The molecule has 1 aromatic carbocycles. The lowest BCUT2D eigenvalue weighted by Gasteiger charge is -2.30. The molecule has 96 valence electrons. The van der Waals surface area contributed by atoms with Crippen LogP contribution in [0, 0.1) is 0 Å². The van der Waals surface area contributed by atoms with Crippen molar-refractivity contribution in [3.8, 4) is 5.75 Å². The van der Waals surface area contributed by atoms with Gasteiger partial charge in [-0.05, 0) is 43.6 Å². The Morgan fingerprint density at radius 3 is 2.35 bits per heavy atom. The highest BCUT2D eigenvalue weighted by atomic mass is 35.5. The second-order valence-electron chi connectivity index (χ2n) is 4.46. The van der Waals surface area contributed by atoms with Gasteiger partial charge in [-0.25, -0.2) is 0 Å². The van der Waals surface area contributed by atoms with Gasteiger partial charge in [-0.15, -0.1) is 12.4 Å². The molecule has 0 spiro atoms. The molecule has 0 aromatic heterocycles. The first-order valence-electron chi connectivity index (χ1n) is 5.89. The van der Waals surface area contributed by atoms with Gasteiger partial charge in [0.2, 0.25) is 0 Å². The molecule has 2 N–H and O–H groups in total. The minimum Gasteiger partial charge on any atom is -0.497 e. The quantitative estimate of drug-likeness (QED) is 0.900. The van der Waals surface area contributed by atoms with Crippen molar-refractivity contribution in [3.63, 3.8) is 0 Å². The third-order valence-corrected chi connectivity index (χ3v) is 3.20. The average molecular weight is 257 g/mol. The first kappa shape index (κ1) is 14.3. The zero-order valence-electron chi connectivity index (χ0n) is 10.3. The number of rotatable bonds is 3. The lowest BCUT2D eigenvalue weighted by Crippen LogP contribution is -2.39. The molecule has 0 saturated carbocycles. The van der Waals surface area contributed by atoms with Crippen molar-refractivity contribution < 1.29 is 4.74 Å². The second kappa shape index (κ2) is 6.84. The molecule has 1 aliphatic rings. The van der Waals surface area contributed by atoms with E-state index in [2.05, 4.69) is 17.0 Å². The fraction of sp³-hybridized carbons (Fsp3) is 0.538. The Kier molecular flexibility index (Phi) is 5.75. The topological polar surface area (TPSA) is 38.5 Å². The number of nitrogens with two attached hydrogens (primary N) is 1. The Morgan fingerprint density at radius 1 is 1.24 bits per heavy atom. The van der Waals surface area contributed by atoms with Gasteiger partial charge in [0.1, 0.15) is 5.75 Å². The summed E-state index contributed by atoms with van der Waals surface area (Å²) in [6.45, 7) is 3.26. The molecule has 1 aromatic rings. The van der Waals surface area contributed by atoms with Crippen LogP contribution in [-0.4, -0.2) is 31.1 Å². The number of hydrogen-bond donors (Lipinski definition) is 1. The highest BCUT2D eigenvalue weighted by molar-refractivity contribution is 5.85. The van der Waals surface area contributed by atoms with E-state index in [9.17, 15) is 0 Å². The van der Waals surface area contributed by atoms with Crippen molar-refractivity contribution in [2.75, 3.05) is 20.2 Å². The molecule has 3 nitrogen and oxygen atoms in total. The van der Waals surface area contributed by atoms with E-state index in [4.69, 9.17) is 10.5 Å². The molecule has 1 heterocycles. The van der Waals surface area contributed by atoms with Crippen LogP contribution in [0.4, 0.5) is 0 Å². The first-order valence-corrected chi connectivity index (χ1v) is 5.89. The predicted molar refractivity (Wildman–Crippen MR) is 72.7 cm³/mol. The van der Waals surface area contributed by atoms with Gasteiger partial charge in [-0.2, -0.15) is 0 Å². The van der Waals surface area contributed by atoms with Crippen LogP contribution < -0.4 is 10.5 Å². The van der Waals surface area contributed by atoms with Gasteiger partial charge >= 0.3 is 0 Å². The molecular weight excluding hydrogens is 236 g/mol. The van der Waals surface area contributed by atoms with Crippen LogP contribution in [0.3, 0.4) is 0 Å². The summed E-state index contributed by atoms with van der Waals surface area (Å²) in [7, 11) is 1.70. The van der Waals surface area contributed by atoms with E-state index < -0.39 is 0 Å². The summed E-state index contributed by atoms with van der Waals surface area (Å²) in [5, 5.41) is 0. The molecular formula is C13H21ClN2O. The maximum absolute atomic E-state index is 5.89. The molecule has 1 saturated heterocycles. The Morgan fingerprint density at radius 2 is 1.82 bits per heavy atom. The van der Waals surface area contributed by atoms with Crippen LogP contribution in [-0.2, 0) is 6.54 Å². The van der Waals surface area contributed by atoms with Crippen molar-refractivity contribution in [3.05, 3.63) is 29.8 Å². The normalized spacial score (nSPS) is 17.5. The zero-order chi connectivity index (χ0) is 11.4. The molecule has 2 rings (SSSR count). The number of methoxy groups -OCH3 is 1. The number of ether oxygens (including phenoxy) is 1. The van der Waals surface area contributed by atoms with E-state index in [1.54, 1.807) is 7.11 Å². The van der Waals surface area contributed by atoms with Crippen molar-refractivity contribution in [1.29, 1.82) is 0 Å². The lowest BCUT2D eigenvalue weighted by molar-refractivity contribution is 0.205. The van der Waals surface area contributed by atoms with Crippen LogP contribution in [0.5, 0.6) is 5.75 Å². The van der Waals surface area contributed by atoms with Gasteiger partial charge in [0, 0.05) is 12.6 Å². The molecule has 17 heavy (non-hydrogen) atoms. The number of piperidine rings is 1. The molecule has 0 atom stereocenters. The molecule has 0 radical (unpaired) electrons. The van der Waals surface area contributed by atoms with Gasteiger partial charge in [0.05, 0.1) is 7.11 Å². The Bertz CT molecular complexity index is 321. The predicted octanol–water partition coefficient (Wildman–Crippen LogP) is 2.04. The number of benzene rings is 1. The number of halogens is 1. The molecule has 4 heteroatoms. The molecule has 0 unspecified atom stereocenters. The Balaban J connectivity index is 0.00000144. The van der Waals surface area contributed by atoms with Crippen molar-refractivity contribution >= 4 is 12.4 Å². The van der Waals surface area contributed by atoms with E-state index in [1.165, 1.54) is 5.56 Å². The monoisotopic (exact) mass is 256 g/mol. The number of hydrogen-bond acceptors (Lipinski definition) is 3. The Hall–Kier alpha value is -0.770. The van der Waals surface area contributed by atoms with Gasteiger partial charge in [0.25, 0.3) is 0 Å². The smallest absolute Gasteiger partial charge is 0.118 e. The fourth-order valence-corrected chi connectivity index (χ4v) is 2.10. The summed E-state index contributed by atoms with van der Waals surface area (Å²) in [6, 6.07) is 8.71. The summed E-state index contributed by atoms with van der Waals surface area (Å²) < 4.78 is 5.14. The van der Waals surface area contributed by atoms with Crippen molar-refractivity contribution in [2.45, 2.75) is 25.4 Å². The summed E-state index contributed by atoms with van der Waals surface area (Å²) in [4.78, 5) is 2.46. The third-order valence-electron chi connectivity index (χ3n) is 3.20. The number of likely N-dealkylation sites (tertiary alicyclic amines) is 1. The van der Waals surface area contributed by atoms with E-state index in [0.717, 1.165) is 38.2 Å². The van der Waals surface area contributed by atoms with Crippen LogP contribution in [0.25, 0.3) is 0 Å². The largest absolute Gasteiger partial charge is 0.497 e. The molecule has 1 fully saturated rings. The van der Waals surface area contributed by atoms with Crippen LogP contribution >= 0.6 is 12.4 Å². The summed E-state index contributed by atoms with van der Waals surface area (Å²) in [5.41, 5.74) is 7.23. The molecule has 1 aliphatic heterocycles. The maximum Gasteiger partial charge on any atom is 0.118 e. The highest BCUT2D eigenvalue weighted by Crippen LogP contribution is 2.15. The minimum absolute atomic E-state index is 0. The van der Waals surface area contributed by atoms with E-state index in [1.807, 2.05) is 12.1 Å². The SMILES string of the molecule is COc1ccc(CN2CCC(N)CC2)cc1.Cl. The van der Waals surface area contributed by atoms with E-state index >= 15 is 0 Å². The van der Waals surface area contributed by atoms with Gasteiger partial charge in [-0.3, -0.25) is 4.90 Å². The van der Waals surface area contributed by atoms with E-state index in [0.29, 0.717) is 6.04 Å². The average Bonchev–Trinajstić information content (AvgIpc) is 2.33. The summed E-state index contributed by atoms with van der Waals surface area (Å²) in [5.74, 6) is 0.921. The first-order chi connectivity index (χ1) is 7.78. The summed E-state index contributed by atoms with van der Waals surface area (Å²) >= 11 is 0. The van der Waals surface area contributed by atoms with Crippen LogP contribution in [0.15, 0.2) is 24.3 Å². The zero-order valence-corrected chi connectivity index (χ0v) is 11.1. The van der Waals surface area contributed by atoms with Crippen molar-refractivity contribution in [1.82, 2.24) is 4.90 Å². The van der Waals surface area contributed by atoms with E-state index in [-0.39, 0.29) is 12.4 Å². The molecule has 0 bridgehead atoms. The third kappa shape index (κ3) is 4.19. The van der Waals surface area contributed by atoms with Gasteiger partial charge in [0.15, 0.2) is 0 Å². The van der Waals surface area contributed by atoms with Crippen molar-refractivity contribution in [2.24, 2.45) is 5.73 Å². The molecule has 0 amide bonds. The van der Waals surface area contributed by atoms with Crippen LogP contribution in [0.1, 0.15) is 18.4 Å². The minimum atomic E-state index is 0. The lowest BCUT2D eigenvalue weighted by atomic mass is 10.1. The number of nitrogens with zero attached hydrogens (tertiary/aromatic N) is 1. The van der Waals surface area contributed by atoms with Gasteiger partial charge in [-0.1, -0.05) is 12.1 Å². The Labute approximate surface area is 109 Å². The second-order valence-corrected chi connectivity index (χ2v) is 4.46. The van der Waals surface area contributed by atoms with Crippen LogP contribution in [0.2, 0.25) is 0 Å². The fourth-order valence-electron chi connectivity index (χ4n) is 2.10. The maximum atomic E-state index is 5.89. The van der Waals surface area contributed by atoms with Gasteiger partial charge < -0.3 is 10.5 Å².